The molecule has 0 aliphatic heterocycles. The summed E-state index contributed by atoms with van der Waals surface area (Å²) in [7, 11) is 0. The third-order valence-electron chi connectivity index (χ3n) is 6.36. The Morgan fingerprint density at radius 1 is 0.926 bits per heavy atom. The van der Waals surface area contributed by atoms with E-state index in [1.54, 1.807) is 0 Å². The van der Waals surface area contributed by atoms with Crippen molar-refractivity contribution in [3.05, 3.63) is 34.3 Å². The van der Waals surface area contributed by atoms with Gasteiger partial charge >= 0.3 is 0 Å². The smallest absolute Gasteiger partial charge is 0.0716 e. The number of halogens is 1. The van der Waals surface area contributed by atoms with Gasteiger partial charge in [0, 0.05) is 17.7 Å². The number of rotatable bonds is 15. The van der Waals surface area contributed by atoms with Crippen molar-refractivity contribution in [1.29, 1.82) is 0 Å². The second kappa shape index (κ2) is 13.0. The third-order valence-corrected chi connectivity index (χ3v) is 6.89. The van der Waals surface area contributed by atoms with Crippen LogP contribution in [0.1, 0.15) is 83.6 Å². The van der Waals surface area contributed by atoms with Crippen LogP contribution in [0.4, 0.5) is 0 Å². The molecule has 0 N–H and O–H groups in total. The second-order valence-corrected chi connectivity index (χ2v) is 9.27. The molecule has 1 saturated carbocycles. The monoisotopic (exact) mass is 438 g/mol. The normalized spacial score (nSPS) is 15.1. The summed E-state index contributed by atoms with van der Waals surface area (Å²) in [4.78, 5) is 0. The van der Waals surface area contributed by atoms with Crippen molar-refractivity contribution in [3.63, 3.8) is 0 Å². The maximum absolute atomic E-state index is 6.11. The van der Waals surface area contributed by atoms with Crippen LogP contribution in [0.15, 0.2) is 28.7 Å². The van der Waals surface area contributed by atoms with Gasteiger partial charge in [-0.05, 0) is 61.1 Å². The third kappa shape index (κ3) is 8.66. The van der Waals surface area contributed by atoms with E-state index in [-0.39, 0.29) is 0 Å². The van der Waals surface area contributed by atoms with E-state index in [0.29, 0.717) is 12.0 Å². The molecule has 3 heteroatoms. The Kier molecular flexibility index (Phi) is 11.0. The Hall–Kier alpha value is -0.380. The predicted molar refractivity (Wildman–Crippen MR) is 118 cm³/mol. The van der Waals surface area contributed by atoms with Crippen molar-refractivity contribution in [2.45, 2.75) is 84.7 Å². The van der Waals surface area contributed by atoms with E-state index in [0.717, 1.165) is 36.6 Å². The van der Waals surface area contributed by atoms with Crippen LogP contribution >= 0.6 is 15.9 Å². The molecule has 2 rings (SSSR count). The van der Waals surface area contributed by atoms with Gasteiger partial charge in [0.2, 0.25) is 0 Å². The van der Waals surface area contributed by atoms with Crippen LogP contribution in [0, 0.1) is 11.3 Å². The van der Waals surface area contributed by atoms with E-state index in [1.165, 1.54) is 63.4 Å². The fourth-order valence-corrected chi connectivity index (χ4v) is 4.20. The lowest BCUT2D eigenvalue weighted by Gasteiger charge is -2.38. The minimum absolute atomic E-state index is 0.436. The van der Waals surface area contributed by atoms with Crippen LogP contribution in [-0.2, 0) is 16.1 Å². The fourth-order valence-electron chi connectivity index (χ4n) is 3.93. The number of hydrogen-bond acceptors (Lipinski definition) is 2. The summed E-state index contributed by atoms with van der Waals surface area (Å²) in [6.45, 7) is 8.15. The van der Waals surface area contributed by atoms with Gasteiger partial charge in [-0.2, -0.15) is 0 Å². The first-order chi connectivity index (χ1) is 13.2. The highest BCUT2D eigenvalue weighted by Crippen LogP contribution is 2.41. The molecule has 1 aromatic rings. The molecule has 1 fully saturated rings. The van der Waals surface area contributed by atoms with E-state index in [4.69, 9.17) is 9.47 Å². The highest BCUT2D eigenvalue weighted by atomic mass is 79.9. The summed E-state index contributed by atoms with van der Waals surface area (Å²) >= 11 is 3.46. The predicted octanol–water partition coefficient (Wildman–Crippen LogP) is 7.54. The van der Waals surface area contributed by atoms with Crippen LogP contribution in [0.5, 0.6) is 0 Å². The Morgan fingerprint density at radius 3 is 2.11 bits per heavy atom. The second-order valence-electron chi connectivity index (χ2n) is 8.35. The Labute approximate surface area is 175 Å². The molecule has 0 radical (unpaired) electrons. The van der Waals surface area contributed by atoms with Crippen LogP contribution in [0.3, 0.4) is 0 Å². The molecular formula is C24H39BrO2. The van der Waals surface area contributed by atoms with E-state index >= 15 is 0 Å². The highest BCUT2D eigenvalue weighted by molar-refractivity contribution is 9.10. The zero-order valence-electron chi connectivity index (χ0n) is 17.5. The van der Waals surface area contributed by atoms with E-state index < -0.39 is 0 Å². The quantitative estimate of drug-likeness (QED) is 0.263. The van der Waals surface area contributed by atoms with Crippen LogP contribution in [0.2, 0.25) is 0 Å². The van der Waals surface area contributed by atoms with Gasteiger partial charge in [-0.1, -0.05) is 74.0 Å². The maximum Gasteiger partial charge on any atom is 0.0716 e. The Bertz CT molecular complexity index is 492. The molecule has 0 aromatic heterocycles. The van der Waals surface area contributed by atoms with Crippen LogP contribution < -0.4 is 0 Å². The van der Waals surface area contributed by atoms with Crippen molar-refractivity contribution in [3.8, 4) is 0 Å². The molecule has 154 valence electrons. The first-order valence-electron chi connectivity index (χ1n) is 11.1. The van der Waals surface area contributed by atoms with Gasteiger partial charge in [-0.15, -0.1) is 0 Å². The minimum atomic E-state index is 0.436. The summed E-state index contributed by atoms with van der Waals surface area (Å²) in [6.07, 6.45) is 13.1. The summed E-state index contributed by atoms with van der Waals surface area (Å²) < 4.78 is 13.0. The topological polar surface area (TPSA) is 18.5 Å². The zero-order chi connectivity index (χ0) is 19.4. The van der Waals surface area contributed by atoms with Gasteiger partial charge in [0.25, 0.3) is 0 Å². The van der Waals surface area contributed by atoms with Gasteiger partial charge < -0.3 is 9.47 Å². The first-order valence-corrected chi connectivity index (χ1v) is 11.9. The molecule has 0 atom stereocenters. The molecule has 27 heavy (non-hydrogen) atoms. The fraction of sp³-hybridized carbons (Fsp3) is 0.750. The van der Waals surface area contributed by atoms with Gasteiger partial charge in [-0.3, -0.25) is 0 Å². The van der Waals surface area contributed by atoms with Crippen LogP contribution in [0.25, 0.3) is 0 Å². The van der Waals surface area contributed by atoms with Crippen molar-refractivity contribution < 1.29 is 9.47 Å². The molecular weight excluding hydrogens is 400 g/mol. The largest absolute Gasteiger partial charge is 0.381 e. The number of benzene rings is 1. The summed E-state index contributed by atoms with van der Waals surface area (Å²) in [6, 6.07) is 8.35. The summed E-state index contributed by atoms with van der Waals surface area (Å²) in [5.74, 6) is 0.978. The van der Waals surface area contributed by atoms with Crippen molar-refractivity contribution in [1.82, 2.24) is 0 Å². The van der Waals surface area contributed by atoms with E-state index in [9.17, 15) is 0 Å². The highest BCUT2D eigenvalue weighted by Gasteiger charge is 2.32. The first kappa shape index (κ1) is 22.9. The molecule has 0 unspecified atom stereocenters. The lowest BCUT2D eigenvalue weighted by molar-refractivity contribution is 0.0120. The van der Waals surface area contributed by atoms with Crippen molar-refractivity contribution >= 4 is 15.9 Å². The minimum Gasteiger partial charge on any atom is -0.381 e. The van der Waals surface area contributed by atoms with Gasteiger partial charge in [0.05, 0.1) is 13.2 Å². The zero-order valence-corrected chi connectivity index (χ0v) is 19.1. The summed E-state index contributed by atoms with van der Waals surface area (Å²) in [5, 5.41) is 0. The molecule has 0 spiro atoms. The van der Waals surface area contributed by atoms with Crippen molar-refractivity contribution in [2.24, 2.45) is 11.3 Å². The molecule has 0 heterocycles. The SMILES string of the molecule is CCC(CC)(COCCCCCCOCc1ccc(Br)cc1)CC1CCC1. The molecule has 0 amide bonds. The van der Waals surface area contributed by atoms with E-state index in [1.807, 2.05) is 0 Å². The average Bonchev–Trinajstić information content (AvgIpc) is 2.66. The maximum atomic E-state index is 6.11. The van der Waals surface area contributed by atoms with Crippen molar-refractivity contribution in [2.75, 3.05) is 19.8 Å². The van der Waals surface area contributed by atoms with Gasteiger partial charge in [0.15, 0.2) is 0 Å². The van der Waals surface area contributed by atoms with Gasteiger partial charge in [-0.25, -0.2) is 0 Å². The molecule has 1 aromatic carbocycles. The number of hydrogen-bond donors (Lipinski definition) is 0. The molecule has 2 nitrogen and oxygen atoms in total. The lowest BCUT2D eigenvalue weighted by atomic mass is 9.69. The lowest BCUT2D eigenvalue weighted by Crippen LogP contribution is -2.31. The Balaban J connectivity index is 1.45. The van der Waals surface area contributed by atoms with Crippen LogP contribution in [-0.4, -0.2) is 19.8 Å². The summed E-state index contributed by atoms with van der Waals surface area (Å²) in [5.41, 5.74) is 1.68. The number of unbranched alkanes of at least 4 members (excludes halogenated alkanes) is 3. The van der Waals surface area contributed by atoms with E-state index in [2.05, 4.69) is 54.0 Å². The van der Waals surface area contributed by atoms with Gasteiger partial charge in [0.1, 0.15) is 0 Å². The Morgan fingerprint density at radius 2 is 1.56 bits per heavy atom. The molecule has 0 bridgehead atoms. The molecule has 1 aliphatic carbocycles. The number of ether oxygens (including phenoxy) is 2. The molecule has 1 aliphatic rings. The molecule has 0 saturated heterocycles. The average molecular weight is 439 g/mol. The standard InChI is InChI=1S/C24H39BrO2/c1-3-24(4-2,18-21-10-9-11-21)20-27-17-8-6-5-7-16-26-19-22-12-14-23(25)15-13-22/h12-15,21H,3-11,16-20H2,1-2H3.